The number of aromatic nitrogens is 1. The molecule has 0 spiro atoms. The fourth-order valence-corrected chi connectivity index (χ4v) is 3.21. The quantitative estimate of drug-likeness (QED) is 0.926. The van der Waals surface area contributed by atoms with Gasteiger partial charge in [0.25, 0.3) is 0 Å². The Labute approximate surface area is 119 Å². The first kappa shape index (κ1) is 13.1. The SMILES string of the molecule is NC(=O)c1cccc2nc(CC3CCCCC3)ccc12. The second kappa shape index (κ2) is 5.61. The summed E-state index contributed by atoms with van der Waals surface area (Å²) < 4.78 is 0. The van der Waals surface area contributed by atoms with Crippen molar-refractivity contribution in [1.29, 1.82) is 0 Å². The number of primary amides is 1. The molecule has 1 aromatic heterocycles. The zero-order chi connectivity index (χ0) is 13.9. The average Bonchev–Trinajstić information content (AvgIpc) is 2.47. The van der Waals surface area contributed by atoms with Gasteiger partial charge in [0.2, 0.25) is 5.91 Å². The summed E-state index contributed by atoms with van der Waals surface area (Å²) in [5.74, 6) is 0.380. The fourth-order valence-electron chi connectivity index (χ4n) is 3.21. The van der Waals surface area contributed by atoms with Crippen LogP contribution in [0.3, 0.4) is 0 Å². The third-order valence-corrected chi connectivity index (χ3v) is 4.28. The van der Waals surface area contributed by atoms with E-state index >= 15 is 0 Å². The topological polar surface area (TPSA) is 56.0 Å². The van der Waals surface area contributed by atoms with Crippen LogP contribution in [0.4, 0.5) is 0 Å². The van der Waals surface area contributed by atoms with E-state index in [1.54, 1.807) is 6.07 Å². The molecule has 1 fully saturated rings. The van der Waals surface area contributed by atoms with Crippen LogP contribution in [0.15, 0.2) is 30.3 Å². The molecule has 104 valence electrons. The van der Waals surface area contributed by atoms with Crippen molar-refractivity contribution in [1.82, 2.24) is 4.98 Å². The number of nitrogens with zero attached hydrogens (tertiary/aromatic N) is 1. The number of amides is 1. The normalized spacial score (nSPS) is 16.4. The number of hydrogen-bond donors (Lipinski definition) is 1. The lowest BCUT2D eigenvalue weighted by Crippen LogP contribution is -2.12. The first-order valence-corrected chi connectivity index (χ1v) is 7.42. The molecular formula is C17H20N2O. The van der Waals surface area contributed by atoms with Crippen molar-refractivity contribution in [2.24, 2.45) is 11.7 Å². The van der Waals surface area contributed by atoms with Gasteiger partial charge >= 0.3 is 0 Å². The van der Waals surface area contributed by atoms with Crippen LogP contribution in [0.5, 0.6) is 0 Å². The Morgan fingerprint density at radius 2 is 1.95 bits per heavy atom. The van der Waals surface area contributed by atoms with Crippen LogP contribution in [0.1, 0.15) is 48.2 Å². The molecule has 0 radical (unpaired) electrons. The van der Waals surface area contributed by atoms with Crippen LogP contribution in [0, 0.1) is 5.92 Å². The molecule has 1 saturated carbocycles. The number of carbonyl (C=O) groups excluding carboxylic acids is 1. The molecule has 3 rings (SSSR count). The van der Waals surface area contributed by atoms with Crippen molar-refractivity contribution in [3.63, 3.8) is 0 Å². The standard InChI is InChI=1S/C17H20N2O/c18-17(20)15-7-4-8-16-14(15)10-9-13(19-16)11-12-5-2-1-3-6-12/h4,7-10,12H,1-3,5-6,11H2,(H2,18,20). The van der Waals surface area contributed by atoms with Crippen LogP contribution in [-0.2, 0) is 6.42 Å². The van der Waals surface area contributed by atoms with Gasteiger partial charge < -0.3 is 5.73 Å². The Morgan fingerprint density at radius 1 is 1.15 bits per heavy atom. The summed E-state index contributed by atoms with van der Waals surface area (Å²) in [5, 5.41) is 0.854. The molecule has 0 bridgehead atoms. The summed E-state index contributed by atoms with van der Waals surface area (Å²) >= 11 is 0. The molecule has 1 heterocycles. The fraction of sp³-hybridized carbons (Fsp3) is 0.412. The highest BCUT2D eigenvalue weighted by Gasteiger charge is 2.15. The van der Waals surface area contributed by atoms with E-state index in [1.807, 2.05) is 24.3 Å². The van der Waals surface area contributed by atoms with E-state index in [0.29, 0.717) is 5.56 Å². The van der Waals surface area contributed by atoms with Gasteiger partial charge in [-0.15, -0.1) is 0 Å². The number of carbonyl (C=O) groups is 1. The molecule has 1 amide bonds. The zero-order valence-electron chi connectivity index (χ0n) is 11.6. The lowest BCUT2D eigenvalue weighted by atomic mass is 9.86. The van der Waals surface area contributed by atoms with Gasteiger partial charge in [-0.2, -0.15) is 0 Å². The van der Waals surface area contributed by atoms with Crippen LogP contribution >= 0.6 is 0 Å². The van der Waals surface area contributed by atoms with Crippen LogP contribution in [0.25, 0.3) is 10.9 Å². The third kappa shape index (κ3) is 2.67. The minimum atomic E-state index is -0.391. The summed E-state index contributed by atoms with van der Waals surface area (Å²) in [6.07, 6.45) is 7.77. The van der Waals surface area contributed by atoms with Gasteiger partial charge in [-0.05, 0) is 30.5 Å². The van der Waals surface area contributed by atoms with E-state index in [4.69, 9.17) is 10.7 Å². The number of pyridine rings is 1. The third-order valence-electron chi connectivity index (χ3n) is 4.28. The summed E-state index contributed by atoms with van der Waals surface area (Å²) in [5.41, 5.74) is 7.96. The maximum absolute atomic E-state index is 11.4. The van der Waals surface area contributed by atoms with Gasteiger partial charge in [-0.3, -0.25) is 9.78 Å². The van der Waals surface area contributed by atoms with E-state index in [-0.39, 0.29) is 0 Å². The number of rotatable bonds is 3. The summed E-state index contributed by atoms with van der Waals surface area (Å²) in [6, 6.07) is 9.59. The monoisotopic (exact) mass is 268 g/mol. The Balaban J connectivity index is 1.89. The predicted molar refractivity (Wildman–Crippen MR) is 80.5 cm³/mol. The Morgan fingerprint density at radius 3 is 2.70 bits per heavy atom. The van der Waals surface area contributed by atoms with Gasteiger partial charge in [0.05, 0.1) is 5.52 Å². The van der Waals surface area contributed by atoms with Crippen molar-refractivity contribution < 1.29 is 4.79 Å². The predicted octanol–water partition coefficient (Wildman–Crippen LogP) is 3.46. The smallest absolute Gasteiger partial charge is 0.249 e. The second-order valence-electron chi connectivity index (χ2n) is 5.75. The zero-order valence-corrected chi connectivity index (χ0v) is 11.6. The maximum Gasteiger partial charge on any atom is 0.249 e. The molecule has 3 heteroatoms. The van der Waals surface area contributed by atoms with Gasteiger partial charge in [0.1, 0.15) is 0 Å². The van der Waals surface area contributed by atoms with Crippen LogP contribution in [0.2, 0.25) is 0 Å². The molecule has 0 atom stereocenters. The maximum atomic E-state index is 11.4. The Kier molecular flexibility index (Phi) is 3.68. The average molecular weight is 268 g/mol. The van der Waals surface area contributed by atoms with E-state index < -0.39 is 5.91 Å². The minimum Gasteiger partial charge on any atom is -0.366 e. The van der Waals surface area contributed by atoms with E-state index in [1.165, 1.54) is 32.1 Å². The molecule has 1 aliphatic rings. The first-order chi connectivity index (χ1) is 9.74. The van der Waals surface area contributed by atoms with Crippen molar-refractivity contribution >= 4 is 16.8 Å². The van der Waals surface area contributed by atoms with Crippen molar-refractivity contribution in [3.05, 3.63) is 41.6 Å². The van der Waals surface area contributed by atoms with Gasteiger partial charge in [0, 0.05) is 16.6 Å². The highest BCUT2D eigenvalue weighted by atomic mass is 16.1. The van der Waals surface area contributed by atoms with Crippen molar-refractivity contribution in [3.8, 4) is 0 Å². The molecule has 2 N–H and O–H groups in total. The van der Waals surface area contributed by atoms with Gasteiger partial charge in [-0.25, -0.2) is 0 Å². The number of benzene rings is 1. The van der Waals surface area contributed by atoms with E-state index in [0.717, 1.165) is 28.9 Å². The minimum absolute atomic E-state index is 0.391. The van der Waals surface area contributed by atoms with Crippen LogP contribution < -0.4 is 5.73 Å². The lowest BCUT2D eigenvalue weighted by Gasteiger charge is -2.21. The summed E-state index contributed by atoms with van der Waals surface area (Å²) in [4.78, 5) is 16.1. The number of hydrogen-bond acceptors (Lipinski definition) is 2. The largest absolute Gasteiger partial charge is 0.366 e. The summed E-state index contributed by atoms with van der Waals surface area (Å²) in [6.45, 7) is 0. The van der Waals surface area contributed by atoms with Crippen molar-refractivity contribution in [2.75, 3.05) is 0 Å². The molecule has 20 heavy (non-hydrogen) atoms. The Bertz CT molecular complexity index is 630. The Hall–Kier alpha value is -1.90. The molecule has 1 aliphatic carbocycles. The molecular weight excluding hydrogens is 248 g/mol. The number of fused-ring (bicyclic) bond motifs is 1. The highest BCUT2D eigenvalue weighted by molar-refractivity contribution is 6.05. The number of nitrogens with two attached hydrogens (primary N) is 1. The molecule has 2 aromatic rings. The highest BCUT2D eigenvalue weighted by Crippen LogP contribution is 2.27. The first-order valence-electron chi connectivity index (χ1n) is 7.42. The van der Waals surface area contributed by atoms with E-state index in [9.17, 15) is 4.79 Å². The molecule has 0 unspecified atom stereocenters. The molecule has 0 aliphatic heterocycles. The lowest BCUT2D eigenvalue weighted by molar-refractivity contribution is 0.100. The summed E-state index contributed by atoms with van der Waals surface area (Å²) in [7, 11) is 0. The van der Waals surface area contributed by atoms with Crippen molar-refractivity contribution in [2.45, 2.75) is 38.5 Å². The van der Waals surface area contributed by atoms with Gasteiger partial charge in [0.15, 0.2) is 0 Å². The molecule has 0 saturated heterocycles. The molecule has 3 nitrogen and oxygen atoms in total. The molecule has 1 aromatic carbocycles. The van der Waals surface area contributed by atoms with Crippen LogP contribution in [-0.4, -0.2) is 10.9 Å². The second-order valence-corrected chi connectivity index (χ2v) is 5.75. The van der Waals surface area contributed by atoms with Gasteiger partial charge in [-0.1, -0.05) is 44.2 Å². The van der Waals surface area contributed by atoms with E-state index in [2.05, 4.69) is 0 Å².